The van der Waals surface area contributed by atoms with Crippen LogP contribution in [0.4, 0.5) is 0 Å². The highest BCUT2D eigenvalue weighted by molar-refractivity contribution is 7.41. The van der Waals surface area contributed by atoms with Crippen molar-refractivity contribution in [2.75, 3.05) is 19.8 Å². The van der Waals surface area contributed by atoms with Crippen LogP contribution in [0.2, 0.25) is 0 Å². The molecule has 0 rings (SSSR count). The van der Waals surface area contributed by atoms with Gasteiger partial charge in [-0.2, -0.15) is 0 Å². The number of rotatable bonds is 60. The average molecular weight is 1010 g/mol. The molecule has 0 radical (unpaired) electrons. The summed E-state index contributed by atoms with van der Waals surface area (Å²) in [5.41, 5.74) is 0. The zero-order chi connectivity index (χ0) is 49.6. The third-order valence-electron chi connectivity index (χ3n) is 14.1. The van der Waals surface area contributed by atoms with E-state index in [0.717, 1.165) is 39.1 Å². The molecule has 0 spiro atoms. The lowest BCUT2D eigenvalue weighted by molar-refractivity contribution is 0.153. The molecule has 0 bridgehead atoms. The first-order valence-corrected chi connectivity index (χ1v) is 33.4. The lowest BCUT2D eigenvalue weighted by Crippen LogP contribution is -2.00. The standard InChI is InChI=1S/C60H123O3P.H3O3P/c1-4-7-10-13-16-19-22-25-28-31-34-37-40-43-46-49-52-55-58-61-64(62-59-56-53-50-47-44-41-38-35-32-29-26-23-20-17-14-11-8-5-2)63-60-57-54-51-48-45-42-39-36-33-30-27-24-21-18-15-12-9-6-3;1-4(2)3/h4-60H2,1-3H3;1-3H. The summed E-state index contributed by atoms with van der Waals surface area (Å²) in [6.07, 6.45) is 76.2. The van der Waals surface area contributed by atoms with Crippen molar-refractivity contribution >= 4 is 17.2 Å². The zero-order valence-electron chi connectivity index (χ0n) is 46.8. The Hall–Kier alpha value is 0.620. The van der Waals surface area contributed by atoms with Crippen molar-refractivity contribution < 1.29 is 28.3 Å². The van der Waals surface area contributed by atoms with Gasteiger partial charge in [-0.15, -0.1) is 0 Å². The maximum absolute atomic E-state index is 7.23. The second kappa shape index (κ2) is 67.6. The Morgan fingerprint density at radius 1 is 0.191 bits per heavy atom. The summed E-state index contributed by atoms with van der Waals surface area (Å²) in [6, 6.07) is 0. The minimum atomic E-state index is -2.62. The van der Waals surface area contributed by atoms with E-state index in [9.17, 15) is 0 Å². The van der Waals surface area contributed by atoms with Crippen molar-refractivity contribution in [1.29, 1.82) is 0 Å². The molecule has 0 aliphatic heterocycles. The molecule has 68 heavy (non-hydrogen) atoms. The molecule has 0 saturated carbocycles. The van der Waals surface area contributed by atoms with Gasteiger partial charge in [0.25, 0.3) is 0 Å². The summed E-state index contributed by atoms with van der Waals surface area (Å²) in [5.74, 6) is 0. The fourth-order valence-corrected chi connectivity index (χ4v) is 10.6. The Morgan fingerprint density at radius 2 is 0.294 bits per heavy atom. The predicted molar refractivity (Wildman–Crippen MR) is 305 cm³/mol. The summed E-state index contributed by atoms with van der Waals surface area (Å²) in [6.45, 7) is 9.31. The SMILES string of the molecule is CCCCCCCCCCCCCCCCCCCCOP(OCCCCCCCCCCCCCCCCCCCC)OCCCCCCCCCCCCCCCCCCCC.OP(O)O. The maximum atomic E-state index is 7.23. The Balaban J connectivity index is 0. The molecule has 0 saturated heterocycles. The van der Waals surface area contributed by atoms with Crippen molar-refractivity contribution in [3.8, 4) is 0 Å². The Morgan fingerprint density at radius 3 is 0.412 bits per heavy atom. The monoisotopic (exact) mass is 1000 g/mol. The maximum Gasteiger partial charge on any atom is 0.332 e. The minimum Gasteiger partial charge on any atom is -0.328 e. The first-order valence-electron chi connectivity index (χ1n) is 31.1. The molecular formula is C60H126O6P2. The van der Waals surface area contributed by atoms with Gasteiger partial charge >= 0.3 is 17.2 Å². The van der Waals surface area contributed by atoms with Gasteiger partial charge in [0, 0.05) is 0 Å². The molecule has 0 aromatic carbocycles. The quantitative estimate of drug-likeness (QED) is 0.0416. The van der Waals surface area contributed by atoms with Crippen LogP contribution in [0, 0.1) is 0 Å². The third-order valence-corrected chi connectivity index (χ3v) is 15.3. The molecule has 0 unspecified atom stereocenters. The molecule has 0 heterocycles. The fraction of sp³-hybridized carbons (Fsp3) is 1.00. The number of hydrogen-bond donors (Lipinski definition) is 3. The van der Waals surface area contributed by atoms with Gasteiger partial charge < -0.3 is 28.3 Å². The van der Waals surface area contributed by atoms with Crippen LogP contribution in [0.1, 0.15) is 367 Å². The lowest BCUT2D eigenvalue weighted by atomic mass is 10.0. The minimum absolute atomic E-state index is 0.794. The molecule has 0 aromatic rings. The zero-order valence-corrected chi connectivity index (χ0v) is 48.6. The summed E-state index contributed by atoms with van der Waals surface area (Å²) >= 11 is 0. The van der Waals surface area contributed by atoms with E-state index in [2.05, 4.69) is 20.8 Å². The van der Waals surface area contributed by atoms with Gasteiger partial charge in [-0.1, -0.05) is 348 Å². The first kappa shape index (κ1) is 70.7. The highest BCUT2D eigenvalue weighted by Gasteiger charge is 2.12. The summed E-state index contributed by atoms with van der Waals surface area (Å²) < 4.78 is 18.8. The van der Waals surface area contributed by atoms with Crippen molar-refractivity contribution in [2.24, 2.45) is 0 Å². The lowest BCUT2D eigenvalue weighted by Gasteiger charge is -2.17. The van der Waals surface area contributed by atoms with Gasteiger partial charge in [-0.3, -0.25) is 0 Å². The van der Waals surface area contributed by atoms with Crippen LogP contribution in [0.15, 0.2) is 0 Å². The topological polar surface area (TPSA) is 88.4 Å². The van der Waals surface area contributed by atoms with E-state index in [-0.39, 0.29) is 0 Å². The van der Waals surface area contributed by atoms with E-state index in [0.29, 0.717) is 0 Å². The number of unbranched alkanes of at least 4 members (excludes halogenated alkanes) is 51. The van der Waals surface area contributed by atoms with Crippen LogP contribution in [-0.4, -0.2) is 34.5 Å². The van der Waals surface area contributed by atoms with Crippen LogP contribution in [0.3, 0.4) is 0 Å². The molecule has 0 aliphatic carbocycles. The molecule has 0 amide bonds. The van der Waals surface area contributed by atoms with Gasteiger partial charge in [0.05, 0.1) is 19.8 Å². The second-order valence-corrected chi connectivity index (χ2v) is 22.8. The van der Waals surface area contributed by atoms with Crippen molar-refractivity contribution in [1.82, 2.24) is 0 Å². The molecule has 0 aliphatic rings. The second-order valence-electron chi connectivity index (χ2n) is 21.0. The van der Waals surface area contributed by atoms with Crippen LogP contribution in [-0.2, 0) is 13.6 Å². The summed E-state index contributed by atoms with van der Waals surface area (Å²) in [5, 5.41) is 0. The van der Waals surface area contributed by atoms with E-state index in [1.165, 1.54) is 327 Å². The largest absolute Gasteiger partial charge is 0.332 e. The summed E-state index contributed by atoms with van der Waals surface area (Å²) in [7, 11) is -3.82. The smallest absolute Gasteiger partial charge is 0.328 e. The average Bonchev–Trinajstić information content (AvgIpc) is 3.33. The molecule has 6 nitrogen and oxygen atoms in total. The van der Waals surface area contributed by atoms with E-state index in [1.54, 1.807) is 0 Å². The normalized spacial score (nSPS) is 11.6. The van der Waals surface area contributed by atoms with Crippen molar-refractivity contribution in [3.63, 3.8) is 0 Å². The summed E-state index contributed by atoms with van der Waals surface area (Å²) in [4.78, 5) is 21.7. The highest BCUT2D eigenvalue weighted by Crippen LogP contribution is 2.40. The first-order chi connectivity index (χ1) is 33.6. The van der Waals surface area contributed by atoms with E-state index in [1.807, 2.05) is 0 Å². The van der Waals surface area contributed by atoms with Gasteiger partial charge in [0.15, 0.2) is 0 Å². The van der Waals surface area contributed by atoms with Crippen LogP contribution >= 0.6 is 17.2 Å². The van der Waals surface area contributed by atoms with Gasteiger partial charge in [-0.05, 0) is 19.3 Å². The van der Waals surface area contributed by atoms with E-state index in [4.69, 9.17) is 28.3 Å². The van der Waals surface area contributed by atoms with Crippen LogP contribution < -0.4 is 0 Å². The Bertz CT molecular complexity index is 735. The third kappa shape index (κ3) is 70.9. The van der Waals surface area contributed by atoms with Crippen LogP contribution in [0.25, 0.3) is 0 Å². The van der Waals surface area contributed by atoms with Gasteiger partial charge in [0.2, 0.25) is 0 Å². The molecule has 8 heteroatoms. The fourth-order valence-electron chi connectivity index (χ4n) is 9.54. The molecule has 412 valence electrons. The molecular weight excluding hydrogens is 879 g/mol. The molecule has 0 aromatic heterocycles. The van der Waals surface area contributed by atoms with Crippen LogP contribution in [0.5, 0.6) is 0 Å². The van der Waals surface area contributed by atoms with E-state index >= 15 is 0 Å². The number of hydrogen-bond acceptors (Lipinski definition) is 6. The molecule has 0 fully saturated rings. The molecule has 3 N–H and O–H groups in total. The van der Waals surface area contributed by atoms with Crippen molar-refractivity contribution in [3.05, 3.63) is 0 Å². The van der Waals surface area contributed by atoms with E-state index < -0.39 is 17.2 Å². The van der Waals surface area contributed by atoms with Crippen molar-refractivity contribution in [2.45, 2.75) is 367 Å². The Labute approximate surface area is 431 Å². The molecule has 0 atom stereocenters. The predicted octanol–water partition coefficient (Wildman–Crippen LogP) is 22.6. The van der Waals surface area contributed by atoms with Gasteiger partial charge in [0.1, 0.15) is 0 Å². The van der Waals surface area contributed by atoms with Gasteiger partial charge in [-0.25, -0.2) is 0 Å². The highest BCUT2D eigenvalue weighted by atomic mass is 31.2. The Kier molecular flexibility index (Phi) is 70.3.